The molecule has 12 heteroatoms. The van der Waals surface area contributed by atoms with Gasteiger partial charge in [-0.1, -0.05) is 0 Å². The molecule has 0 saturated carbocycles. The summed E-state index contributed by atoms with van der Waals surface area (Å²) in [5.74, 6) is -0.523. The van der Waals surface area contributed by atoms with Crippen LogP contribution in [0.15, 0.2) is 30.7 Å². The van der Waals surface area contributed by atoms with Crippen molar-refractivity contribution in [3.8, 4) is 0 Å². The second-order valence-corrected chi connectivity index (χ2v) is 7.37. The molecule has 3 rings (SSSR count). The topological polar surface area (TPSA) is 63.1 Å². The van der Waals surface area contributed by atoms with Gasteiger partial charge in [-0.15, -0.1) is 0 Å². The van der Waals surface area contributed by atoms with Crippen molar-refractivity contribution in [2.45, 2.75) is 32.7 Å². The number of carbonyl (C=O) groups is 1. The van der Waals surface area contributed by atoms with E-state index in [0.29, 0.717) is 32.7 Å². The molecule has 0 saturated heterocycles. The standard InChI is InChI=1S/C20H19F6N5O/c1-11-6-13(20(24,25)26)7-12(2)16(11)29-18-17-14(4-5-27-18)31(10-28-17)8-15(32)30(3)9-19(21,22)23/h4-7,10H,8-9H2,1-3H3,(H,27,29). The molecule has 3 aromatic rings. The van der Waals surface area contributed by atoms with Crippen molar-refractivity contribution in [2.75, 3.05) is 18.9 Å². The van der Waals surface area contributed by atoms with Crippen molar-refractivity contribution in [1.29, 1.82) is 0 Å². The fourth-order valence-corrected chi connectivity index (χ4v) is 3.28. The number of rotatable bonds is 5. The predicted molar refractivity (Wildman–Crippen MR) is 105 cm³/mol. The molecular weight excluding hydrogens is 440 g/mol. The average molecular weight is 459 g/mol. The first-order valence-electron chi connectivity index (χ1n) is 9.32. The lowest BCUT2D eigenvalue weighted by Crippen LogP contribution is -2.37. The van der Waals surface area contributed by atoms with E-state index in [0.717, 1.165) is 19.2 Å². The molecule has 1 N–H and O–H groups in total. The zero-order valence-corrected chi connectivity index (χ0v) is 17.3. The molecule has 0 aliphatic rings. The maximum absolute atomic E-state index is 13.0. The van der Waals surface area contributed by atoms with Gasteiger partial charge < -0.3 is 14.8 Å². The van der Waals surface area contributed by atoms with Crippen LogP contribution >= 0.6 is 0 Å². The largest absolute Gasteiger partial charge is 0.416 e. The number of carbonyl (C=O) groups excluding carboxylic acids is 1. The van der Waals surface area contributed by atoms with Crippen molar-refractivity contribution >= 4 is 28.4 Å². The zero-order chi connectivity index (χ0) is 23.8. The first-order valence-corrected chi connectivity index (χ1v) is 9.32. The molecule has 0 unspecified atom stereocenters. The number of pyridine rings is 1. The minimum absolute atomic E-state index is 0.239. The molecule has 0 aliphatic carbocycles. The summed E-state index contributed by atoms with van der Waals surface area (Å²) >= 11 is 0. The van der Waals surface area contributed by atoms with Crippen LogP contribution in [-0.4, -0.2) is 45.1 Å². The first kappa shape index (κ1) is 23.4. The van der Waals surface area contributed by atoms with Crippen LogP contribution in [0.3, 0.4) is 0 Å². The normalized spacial score (nSPS) is 12.3. The van der Waals surface area contributed by atoms with Crippen LogP contribution in [-0.2, 0) is 17.5 Å². The number of benzene rings is 1. The highest BCUT2D eigenvalue weighted by Gasteiger charge is 2.32. The smallest absolute Gasteiger partial charge is 0.338 e. The molecule has 0 bridgehead atoms. The van der Waals surface area contributed by atoms with Crippen LogP contribution in [0.5, 0.6) is 0 Å². The van der Waals surface area contributed by atoms with E-state index in [1.165, 1.54) is 37.0 Å². The predicted octanol–water partition coefficient (Wildman–Crippen LogP) is 4.83. The highest BCUT2D eigenvalue weighted by Crippen LogP contribution is 2.35. The second-order valence-electron chi connectivity index (χ2n) is 7.37. The minimum Gasteiger partial charge on any atom is -0.338 e. The van der Waals surface area contributed by atoms with E-state index >= 15 is 0 Å². The Bertz CT molecular complexity index is 1130. The molecule has 1 amide bonds. The molecule has 172 valence electrons. The van der Waals surface area contributed by atoms with Gasteiger partial charge in [-0.25, -0.2) is 9.97 Å². The fraction of sp³-hybridized carbons (Fsp3) is 0.350. The van der Waals surface area contributed by atoms with Gasteiger partial charge in [0.25, 0.3) is 0 Å². The van der Waals surface area contributed by atoms with Gasteiger partial charge in [0.1, 0.15) is 18.6 Å². The van der Waals surface area contributed by atoms with Gasteiger partial charge in [0.05, 0.1) is 17.4 Å². The Kier molecular flexibility index (Phi) is 6.07. The Morgan fingerprint density at radius 1 is 1.09 bits per heavy atom. The van der Waals surface area contributed by atoms with Crippen LogP contribution < -0.4 is 5.32 Å². The molecule has 32 heavy (non-hydrogen) atoms. The molecule has 0 atom stereocenters. The van der Waals surface area contributed by atoms with Gasteiger partial charge in [0.2, 0.25) is 5.91 Å². The van der Waals surface area contributed by atoms with Crippen molar-refractivity contribution in [2.24, 2.45) is 0 Å². The summed E-state index contributed by atoms with van der Waals surface area (Å²) in [5, 5.41) is 2.98. The summed E-state index contributed by atoms with van der Waals surface area (Å²) in [5.41, 5.74) is 1.10. The number of fused-ring (bicyclic) bond motifs is 1. The third-order valence-electron chi connectivity index (χ3n) is 4.79. The Morgan fingerprint density at radius 3 is 2.28 bits per heavy atom. The van der Waals surface area contributed by atoms with Crippen LogP contribution in [0, 0.1) is 13.8 Å². The van der Waals surface area contributed by atoms with Gasteiger partial charge >= 0.3 is 12.4 Å². The Morgan fingerprint density at radius 2 is 1.72 bits per heavy atom. The van der Waals surface area contributed by atoms with E-state index in [1.807, 2.05) is 0 Å². The van der Waals surface area contributed by atoms with Gasteiger partial charge in [-0.2, -0.15) is 26.3 Å². The minimum atomic E-state index is -4.51. The summed E-state index contributed by atoms with van der Waals surface area (Å²) in [7, 11) is 1.06. The number of nitrogens with zero attached hydrogens (tertiary/aromatic N) is 4. The number of hydrogen-bond acceptors (Lipinski definition) is 4. The maximum Gasteiger partial charge on any atom is 0.416 e. The summed E-state index contributed by atoms with van der Waals surface area (Å²) in [6.45, 7) is 1.31. The number of aromatic nitrogens is 3. The van der Waals surface area contributed by atoms with Crippen LogP contribution in [0.25, 0.3) is 11.0 Å². The lowest BCUT2D eigenvalue weighted by molar-refractivity contribution is -0.158. The Hall–Kier alpha value is -3.31. The highest BCUT2D eigenvalue weighted by molar-refractivity contribution is 5.89. The number of aryl methyl sites for hydroxylation is 2. The van der Waals surface area contributed by atoms with Crippen molar-refractivity contribution in [3.05, 3.63) is 47.4 Å². The third kappa shape index (κ3) is 5.11. The van der Waals surface area contributed by atoms with Gasteiger partial charge in [0, 0.05) is 18.9 Å². The molecule has 0 radical (unpaired) electrons. The fourth-order valence-electron chi connectivity index (χ4n) is 3.28. The lowest BCUT2D eigenvalue weighted by Gasteiger charge is -2.19. The third-order valence-corrected chi connectivity index (χ3v) is 4.79. The molecular formula is C20H19F6N5O. The molecule has 2 aromatic heterocycles. The second kappa shape index (κ2) is 8.32. The summed E-state index contributed by atoms with van der Waals surface area (Å²) in [6, 6.07) is 3.57. The molecule has 0 aliphatic heterocycles. The van der Waals surface area contributed by atoms with E-state index in [-0.39, 0.29) is 12.4 Å². The first-order chi connectivity index (χ1) is 14.8. The van der Waals surface area contributed by atoms with Gasteiger partial charge in [-0.3, -0.25) is 4.79 Å². The maximum atomic E-state index is 13.0. The van der Waals surface area contributed by atoms with E-state index < -0.39 is 30.4 Å². The number of halogens is 6. The summed E-state index contributed by atoms with van der Waals surface area (Å²) in [6.07, 6.45) is -6.29. The van der Waals surface area contributed by atoms with E-state index in [9.17, 15) is 31.1 Å². The number of likely N-dealkylation sites (N-methyl/N-ethyl adjacent to an activating group) is 1. The molecule has 0 spiro atoms. The van der Waals surface area contributed by atoms with Crippen LogP contribution in [0.4, 0.5) is 37.8 Å². The number of imidazole rings is 1. The quantitative estimate of drug-likeness (QED) is 0.556. The van der Waals surface area contributed by atoms with Gasteiger partial charge in [0.15, 0.2) is 5.82 Å². The van der Waals surface area contributed by atoms with Crippen molar-refractivity contribution in [1.82, 2.24) is 19.4 Å². The highest BCUT2D eigenvalue weighted by atomic mass is 19.4. The number of anilines is 2. The average Bonchev–Trinajstić information content (AvgIpc) is 3.06. The number of amides is 1. The van der Waals surface area contributed by atoms with Gasteiger partial charge in [-0.05, 0) is 43.2 Å². The van der Waals surface area contributed by atoms with E-state index in [4.69, 9.17) is 0 Å². The number of alkyl halides is 6. The van der Waals surface area contributed by atoms with Crippen molar-refractivity contribution < 1.29 is 31.1 Å². The van der Waals surface area contributed by atoms with Crippen LogP contribution in [0.1, 0.15) is 16.7 Å². The van der Waals surface area contributed by atoms with Crippen LogP contribution in [0.2, 0.25) is 0 Å². The van der Waals surface area contributed by atoms with Crippen molar-refractivity contribution in [3.63, 3.8) is 0 Å². The Balaban J connectivity index is 1.88. The summed E-state index contributed by atoms with van der Waals surface area (Å²) in [4.78, 5) is 21.1. The molecule has 6 nitrogen and oxygen atoms in total. The van der Waals surface area contributed by atoms with E-state index in [2.05, 4.69) is 15.3 Å². The Labute approximate surface area is 178 Å². The monoisotopic (exact) mass is 459 g/mol. The number of nitrogens with one attached hydrogen (secondary N) is 1. The van der Waals surface area contributed by atoms with E-state index in [1.54, 1.807) is 0 Å². The molecule has 2 heterocycles. The lowest BCUT2D eigenvalue weighted by atomic mass is 10.0. The molecule has 0 fully saturated rings. The zero-order valence-electron chi connectivity index (χ0n) is 17.3. The summed E-state index contributed by atoms with van der Waals surface area (Å²) < 4.78 is 78.0. The number of hydrogen-bond donors (Lipinski definition) is 1. The SMILES string of the molecule is Cc1cc(C(F)(F)F)cc(C)c1Nc1nccc2c1ncn2CC(=O)N(C)CC(F)(F)F. The molecule has 1 aromatic carbocycles.